The number of nitrogen functional groups attached to an aromatic ring is 1. The van der Waals surface area contributed by atoms with E-state index in [1.807, 2.05) is 12.1 Å². The smallest absolute Gasteiger partial charge is 0.267 e. The van der Waals surface area contributed by atoms with Crippen molar-refractivity contribution >= 4 is 36.4 Å². The fourth-order valence-corrected chi connectivity index (χ4v) is 1.78. The lowest BCUT2D eigenvalue weighted by Gasteiger charge is -2.20. The Morgan fingerprint density at radius 3 is 2.81 bits per heavy atom. The van der Waals surface area contributed by atoms with Gasteiger partial charge in [0.2, 0.25) is 0 Å². The normalized spacial score (nSPS) is 12.3. The minimum Gasteiger partial charge on any atom is -0.384 e. The molecule has 16 heavy (non-hydrogen) atoms. The molecule has 0 spiro atoms. The Labute approximate surface area is 107 Å². The van der Waals surface area contributed by atoms with Crippen LogP contribution in [0.2, 0.25) is 0 Å². The number of nitrogens with one attached hydrogen (secondary N) is 2. The van der Waals surface area contributed by atoms with Crippen molar-refractivity contribution in [3.05, 3.63) is 29.3 Å². The summed E-state index contributed by atoms with van der Waals surface area (Å²) in [6.45, 7) is 0.919. The van der Waals surface area contributed by atoms with Crippen molar-refractivity contribution in [3.63, 3.8) is 0 Å². The number of hydrogen-bond acceptors (Lipinski definition) is 3. The van der Waals surface area contributed by atoms with Crippen LogP contribution >= 0.6 is 24.8 Å². The molecule has 0 unspecified atom stereocenters. The molecule has 0 radical (unpaired) electrons. The Hall–Kier alpha value is -0.970. The van der Waals surface area contributed by atoms with Crippen LogP contribution in [0, 0.1) is 0 Å². The minimum atomic E-state index is -0.240. The number of hydrazine groups is 1. The zero-order valence-corrected chi connectivity index (χ0v) is 10.3. The summed E-state index contributed by atoms with van der Waals surface area (Å²) in [5, 5.41) is 3.23. The Kier molecular flexibility index (Phi) is 6.18. The van der Waals surface area contributed by atoms with Gasteiger partial charge in [0.25, 0.3) is 5.91 Å². The summed E-state index contributed by atoms with van der Waals surface area (Å²) in [5.41, 5.74) is 4.91. The fraction of sp³-hybridized carbons (Fsp3) is 0.300. The van der Waals surface area contributed by atoms with Crippen molar-refractivity contribution in [2.45, 2.75) is 12.8 Å². The van der Waals surface area contributed by atoms with Crippen molar-refractivity contribution in [3.8, 4) is 0 Å². The van der Waals surface area contributed by atoms with Gasteiger partial charge in [-0.25, -0.2) is 5.84 Å². The number of aryl methyl sites for hydroxylation is 1. The molecular formula is C10H15Cl2N3O. The van der Waals surface area contributed by atoms with Gasteiger partial charge in [0.1, 0.15) is 0 Å². The number of carbonyl (C=O) groups excluding carboxylic acids is 1. The summed E-state index contributed by atoms with van der Waals surface area (Å²) in [7, 11) is 0. The predicted molar refractivity (Wildman–Crippen MR) is 69.4 cm³/mol. The predicted octanol–water partition coefficient (Wildman–Crippen LogP) is 1.49. The highest BCUT2D eigenvalue weighted by Crippen LogP contribution is 2.25. The largest absolute Gasteiger partial charge is 0.384 e. The maximum absolute atomic E-state index is 11.4. The molecule has 90 valence electrons. The second kappa shape index (κ2) is 6.58. The number of para-hydroxylation sites is 1. The Bertz CT molecular complexity index is 371. The van der Waals surface area contributed by atoms with Crippen LogP contribution in [0.3, 0.4) is 0 Å². The summed E-state index contributed by atoms with van der Waals surface area (Å²) in [4.78, 5) is 11.4. The van der Waals surface area contributed by atoms with Gasteiger partial charge in [0.05, 0.1) is 11.3 Å². The summed E-state index contributed by atoms with van der Waals surface area (Å²) in [5.74, 6) is 4.87. The molecule has 4 nitrogen and oxygen atoms in total. The average Bonchev–Trinajstić information content (AvgIpc) is 2.27. The van der Waals surface area contributed by atoms with Crippen LogP contribution < -0.4 is 16.6 Å². The number of halogens is 2. The highest BCUT2D eigenvalue weighted by atomic mass is 35.5. The van der Waals surface area contributed by atoms with Crippen molar-refractivity contribution < 1.29 is 4.79 Å². The standard InChI is InChI=1S/C10H13N3O.2ClH/c11-13-10(14)8-5-1-3-7-4-2-6-12-9(7)8;;/h1,3,5,12H,2,4,6,11H2,(H,13,14);2*1H. The van der Waals surface area contributed by atoms with Crippen LogP contribution in [0.1, 0.15) is 22.3 Å². The molecule has 0 saturated carbocycles. The second-order valence-corrected chi connectivity index (χ2v) is 3.34. The van der Waals surface area contributed by atoms with Crippen LogP contribution in [0.5, 0.6) is 0 Å². The van der Waals surface area contributed by atoms with E-state index in [0.29, 0.717) is 5.56 Å². The van der Waals surface area contributed by atoms with Gasteiger partial charge in [-0.15, -0.1) is 24.8 Å². The van der Waals surface area contributed by atoms with E-state index in [2.05, 4.69) is 10.7 Å². The first kappa shape index (κ1) is 15.0. The molecule has 0 aromatic heterocycles. The zero-order chi connectivity index (χ0) is 9.97. The van der Waals surface area contributed by atoms with Gasteiger partial charge in [0, 0.05) is 6.54 Å². The Morgan fingerprint density at radius 1 is 1.38 bits per heavy atom. The van der Waals surface area contributed by atoms with Crippen LogP contribution in [-0.2, 0) is 6.42 Å². The van der Waals surface area contributed by atoms with E-state index in [1.165, 1.54) is 5.56 Å². The number of anilines is 1. The first-order valence-electron chi connectivity index (χ1n) is 4.69. The third-order valence-electron chi connectivity index (χ3n) is 2.45. The van der Waals surface area contributed by atoms with Crippen LogP contribution in [0.25, 0.3) is 0 Å². The quantitative estimate of drug-likeness (QED) is 0.409. The molecule has 6 heteroatoms. The number of hydrogen-bond donors (Lipinski definition) is 3. The number of nitrogens with two attached hydrogens (primary N) is 1. The Balaban J connectivity index is 0.00000112. The molecule has 1 heterocycles. The first-order chi connectivity index (χ1) is 6.83. The zero-order valence-electron chi connectivity index (χ0n) is 8.66. The topological polar surface area (TPSA) is 67.1 Å². The van der Waals surface area contributed by atoms with Crippen LogP contribution in [0.4, 0.5) is 5.69 Å². The molecule has 1 aliphatic rings. The number of carbonyl (C=O) groups is 1. The summed E-state index contributed by atoms with van der Waals surface area (Å²) < 4.78 is 0. The molecule has 0 bridgehead atoms. The number of amides is 1. The van der Waals surface area contributed by atoms with Crippen molar-refractivity contribution in [2.75, 3.05) is 11.9 Å². The first-order valence-corrected chi connectivity index (χ1v) is 4.69. The number of fused-ring (bicyclic) bond motifs is 1. The molecule has 4 N–H and O–H groups in total. The van der Waals surface area contributed by atoms with E-state index in [0.717, 1.165) is 25.1 Å². The molecule has 1 amide bonds. The van der Waals surface area contributed by atoms with Crippen LogP contribution in [-0.4, -0.2) is 12.5 Å². The molecule has 1 aromatic carbocycles. The average molecular weight is 264 g/mol. The maximum Gasteiger partial charge on any atom is 0.267 e. The lowest BCUT2D eigenvalue weighted by Crippen LogP contribution is -2.31. The van der Waals surface area contributed by atoms with Gasteiger partial charge in [-0.05, 0) is 24.5 Å². The van der Waals surface area contributed by atoms with Gasteiger partial charge in [-0.2, -0.15) is 0 Å². The highest BCUT2D eigenvalue weighted by molar-refractivity contribution is 6.00. The minimum absolute atomic E-state index is 0. The number of benzene rings is 1. The molecule has 0 atom stereocenters. The molecule has 0 saturated heterocycles. The number of rotatable bonds is 1. The maximum atomic E-state index is 11.4. The van der Waals surface area contributed by atoms with E-state index < -0.39 is 0 Å². The van der Waals surface area contributed by atoms with E-state index >= 15 is 0 Å². The molecular weight excluding hydrogens is 249 g/mol. The van der Waals surface area contributed by atoms with E-state index in [4.69, 9.17) is 5.84 Å². The SMILES string of the molecule is Cl.Cl.NNC(=O)c1cccc2c1NCCC2. The molecule has 1 aromatic rings. The van der Waals surface area contributed by atoms with Crippen molar-refractivity contribution in [2.24, 2.45) is 5.84 Å². The van der Waals surface area contributed by atoms with Gasteiger partial charge >= 0.3 is 0 Å². The van der Waals surface area contributed by atoms with Crippen LogP contribution in [0.15, 0.2) is 18.2 Å². The van der Waals surface area contributed by atoms with E-state index in [1.54, 1.807) is 6.07 Å². The lowest BCUT2D eigenvalue weighted by atomic mass is 9.99. The third-order valence-corrected chi connectivity index (χ3v) is 2.45. The highest BCUT2D eigenvalue weighted by Gasteiger charge is 2.15. The van der Waals surface area contributed by atoms with Gasteiger partial charge in [-0.3, -0.25) is 10.2 Å². The fourth-order valence-electron chi connectivity index (χ4n) is 1.78. The summed E-state index contributed by atoms with van der Waals surface area (Å²) in [6.07, 6.45) is 2.13. The monoisotopic (exact) mass is 263 g/mol. The van der Waals surface area contributed by atoms with Gasteiger partial charge < -0.3 is 5.32 Å². The lowest BCUT2D eigenvalue weighted by molar-refractivity contribution is 0.0954. The summed E-state index contributed by atoms with van der Waals surface area (Å²) in [6, 6.07) is 5.70. The third kappa shape index (κ3) is 2.78. The van der Waals surface area contributed by atoms with E-state index in [9.17, 15) is 4.79 Å². The second-order valence-electron chi connectivity index (χ2n) is 3.34. The molecule has 0 aliphatic carbocycles. The van der Waals surface area contributed by atoms with Crippen molar-refractivity contribution in [1.82, 2.24) is 5.43 Å². The molecule has 2 rings (SSSR count). The summed E-state index contributed by atoms with van der Waals surface area (Å²) >= 11 is 0. The van der Waals surface area contributed by atoms with Crippen molar-refractivity contribution in [1.29, 1.82) is 0 Å². The van der Waals surface area contributed by atoms with Gasteiger partial charge in [-0.1, -0.05) is 12.1 Å². The van der Waals surface area contributed by atoms with Gasteiger partial charge in [0.15, 0.2) is 0 Å². The van der Waals surface area contributed by atoms with E-state index in [-0.39, 0.29) is 30.7 Å². The molecule has 0 fully saturated rings. The Morgan fingerprint density at radius 2 is 2.12 bits per heavy atom. The molecule has 1 aliphatic heterocycles.